The molecule has 192 valence electrons. The lowest BCUT2D eigenvalue weighted by molar-refractivity contribution is -0.137. The minimum atomic E-state index is -4.62. The van der Waals surface area contributed by atoms with Gasteiger partial charge in [0.1, 0.15) is 5.56 Å². The minimum absolute atomic E-state index is 0.0392. The summed E-state index contributed by atoms with van der Waals surface area (Å²) in [4.78, 5) is 29.4. The van der Waals surface area contributed by atoms with Crippen LogP contribution in [0.15, 0.2) is 65.5 Å². The van der Waals surface area contributed by atoms with Gasteiger partial charge in [-0.1, -0.05) is 25.1 Å². The van der Waals surface area contributed by atoms with E-state index < -0.39 is 33.2 Å². The van der Waals surface area contributed by atoms with Crippen molar-refractivity contribution in [2.75, 3.05) is 22.0 Å². The topological polar surface area (TPSA) is 90.6 Å². The van der Waals surface area contributed by atoms with Gasteiger partial charge in [-0.3, -0.25) is 13.9 Å². The Balaban J connectivity index is 2.03. The Kier molecular flexibility index (Phi) is 7.92. The maximum absolute atomic E-state index is 13.4. The fraction of sp³-hybridized carbons (Fsp3) is 0.280. The van der Waals surface area contributed by atoms with Crippen molar-refractivity contribution in [1.82, 2.24) is 4.98 Å². The van der Waals surface area contributed by atoms with E-state index in [1.165, 1.54) is 28.6 Å². The van der Waals surface area contributed by atoms with Crippen molar-refractivity contribution in [1.29, 1.82) is 0 Å². The van der Waals surface area contributed by atoms with Crippen molar-refractivity contribution < 1.29 is 26.4 Å². The number of aryl methyl sites for hydroxylation is 1. The van der Waals surface area contributed by atoms with Crippen LogP contribution in [0.3, 0.4) is 0 Å². The molecule has 0 unspecified atom stereocenters. The molecule has 0 radical (unpaired) electrons. The molecule has 0 spiro atoms. The number of nitrogens with zero attached hydrogens (tertiary/aromatic N) is 2. The lowest BCUT2D eigenvalue weighted by Gasteiger charge is -2.25. The number of pyridine rings is 1. The lowest BCUT2D eigenvalue weighted by Crippen LogP contribution is -2.35. The van der Waals surface area contributed by atoms with E-state index in [2.05, 4.69) is 4.98 Å². The normalized spacial score (nSPS) is 11.8. The number of carbonyl (C=O) groups is 1. The molecular formula is C25H26F3N3O4S. The van der Waals surface area contributed by atoms with E-state index in [1.807, 2.05) is 6.92 Å². The molecule has 1 N–H and O–H groups in total. The standard InChI is InChI=1S/C25H26F3N3O4S/c1-4-14-31(36(3,34)35)20-11-9-18(10-12-20)16-30(21-7-5-6-19(15-21)25(26,27)28)24(33)22-13-8-17(2)29-23(22)32/h5-13,15H,4,14,16H2,1-3H3,(H,29,32). The van der Waals surface area contributed by atoms with E-state index in [9.17, 15) is 31.2 Å². The predicted octanol–water partition coefficient (Wildman–Crippen LogP) is 4.73. The van der Waals surface area contributed by atoms with Crippen LogP contribution in [0.4, 0.5) is 24.5 Å². The summed E-state index contributed by atoms with van der Waals surface area (Å²) in [6.07, 6.45) is -2.93. The van der Waals surface area contributed by atoms with Gasteiger partial charge in [-0.25, -0.2) is 8.42 Å². The molecule has 3 aromatic rings. The largest absolute Gasteiger partial charge is 0.416 e. The second-order valence-corrected chi connectivity index (χ2v) is 10.2. The average Bonchev–Trinajstić information content (AvgIpc) is 2.80. The molecule has 0 saturated carbocycles. The molecule has 0 saturated heterocycles. The number of nitrogens with one attached hydrogen (secondary N) is 1. The van der Waals surface area contributed by atoms with Crippen LogP contribution in [0.1, 0.15) is 40.5 Å². The lowest BCUT2D eigenvalue weighted by atomic mass is 10.1. The fourth-order valence-electron chi connectivity index (χ4n) is 3.66. The van der Waals surface area contributed by atoms with Crippen LogP contribution in [-0.2, 0) is 22.7 Å². The van der Waals surface area contributed by atoms with Crippen molar-refractivity contribution in [3.8, 4) is 0 Å². The third-order valence-corrected chi connectivity index (χ3v) is 6.60. The Morgan fingerprint density at radius 3 is 2.22 bits per heavy atom. The zero-order valence-corrected chi connectivity index (χ0v) is 20.8. The highest BCUT2D eigenvalue weighted by Gasteiger charge is 2.31. The molecule has 0 aliphatic heterocycles. The second-order valence-electron chi connectivity index (χ2n) is 8.33. The molecule has 0 aliphatic rings. The number of aromatic amines is 1. The van der Waals surface area contributed by atoms with E-state index in [0.717, 1.165) is 23.3 Å². The van der Waals surface area contributed by atoms with Crippen molar-refractivity contribution in [2.45, 2.75) is 33.0 Å². The first-order chi connectivity index (χ1) is 16.8. The number of H-pyrrole nitrogens is 1. The monoisotopic (exact) mass is 521 g/mol. The van der Waals surface area contributed by atoms with Gasteiger partial charge in [-0.15, -0.1) is 0 Å². The van der Waals surface area contributed by atoms with Gasteiger partial charge in [0.05, 0.1) is 24.1 Å². The molecule has 36 heavy (non-hydrogen) atoms. The molecule has 0 aliphatic carbocycles. The Morgan fingerprint density at radius 1 is 1.00 bits per heavy atom. The van der Waals surface area contributed by atoms with E-state index in [0.29, 0.717) is 23.4 Å². The molecule has 3 rings (SSSR count). The third kappa shape index (κ3) is 6.34. The Labute approximate surface area is 207 Å². The number of carbonyl (C=O) groups excluding carboxylic acids is 1. The maximum Gasteiger partial charge on any atom is 0.416 e. The van der Waals surface area contributed by atoms with Crippen molar-refractivity contribution in [3.05, 3.63) is 93.4 Å². The summed E-state index contributed by atoms with van der Waals surface area (Å²) in [5.74, 6) is -0.775. The molecule has 0 bridgehead atoms. The molecule has 1 amide bonds. The van der Waals surface area contributed by atoms with Gasteiger partial charge < -0.3 is 9.88 Å². The number of alkyl halides is 3. The highest BCUT2D eigenvalue weighted by molar-refractivity contribution is 7.92. The average molecular weight is 522 g/mol. The molecule has 11 heteroatoms. The first-order valence-corrected chi connectivity index (χ1v) is 12.9. The van der Waals surface area contributed by atoms with Gasteiger partial charge in [0.15, 0.2) is 0 Å². The molecule has 0 fully saturated rings. The summed E-state index contributed by atoms with van der Waals surface area (Å²) in [6, 6.07) is 13.5. The van der Waals surface area contributed by atoms with Crippen LogP contribution in [0.2, 0.25) is 0 Å². The van der Waals surface area contributed by atoms with Crippen LogP contribution in [0.25, 0.3) is 0 Å². The van der Waals surface area contributed by atoms with E-state index in [4.69, 9.17) is 0 Å². The van der Waals surface area contributed by atoms with E-state index in [-0.39, 0.29) is 24.3 Å². The summed E-state index contributed by atoms with van der Waals surface area (Å²) in [6.45, 7) is 3.61. The molecular weight excluding hydrogens is 495 g/mol. The number of hydrogen-bond donors (Lipinski definition) is 1. The number of halogens is 3. The van der Waals surface area contributed by atoms with Gasteiger partial charge in [-0.2, -0.15) is 13.2 Å². The Bertz CT molecular complexity index is 1400. The molecule has 2 aromatic carbocycles. The summed E-state index contributed by atoms with van der Waals surface area (Å²) in [5.41, 5.74) is -0.373. The van der Waals surface area contributed by atoms with Crippen molar-refractivity contribution in [3.63, 3.8) is 0 Å². The molecule has 0 atom stereocenters. The van der Waals surface area contributed by atoms with Crippen LogP contribution in [-0.4, -0.2) is 32.1 Å². The van der Waals surface area contributed by atoms with Gasteiger partial charge in [-0.05, 0) is 61.4 Å². The number of aromatic nitrogens is 1. The summed E-state index contributed by atoms with van der Waals surface area (Å²) < 4.78 is 65.6. The molecule has 7 nitrogen and oxygen atoms in total. The number of benzene rings is 2. The van der Waals surface area contributed by atoms with Crippen molar-refractivity contribution in [2.24, 2.45) is 0 Å². The van der Waals surface area contributed by atoms with Gasteiger partial charge in [0.25, 0.3) is 11.5 Å². The quantitative estimate of drug-likeness (QED) is 0.464. The van der Waals surface area contributed by atoms with Gasteiger partial charge in [0.2, 0.25) is 10.0 Å². The number of sulfonamides is 1. The Morgan fingerprint density at radius 2 is 1.67 bits per heavy atom. The predicted molar refractivity (Wildman–Crippen MR) is 133 cm³/mol. The Hall–Kier alpha value is -3.60. The van der Waals surface area contributed by atoms with Gasteiger partial charge >= 0.3 is 6.18 Å². The summed E-state index contributed by atoms with van der Waals surface area (Å²) in [7, 11) is -3.51. The van der Waals surface area contributed by atoms with Gasteiger partial charge in [0, 0.05) is 17.9 Å². The SMILES string of the molecule is CCCN(c1ccc(CN(C(=O)c2ccc(C)[nH]c2=O)c2cccc(C(F)(F)F)c2)cc1)S(C)(=O)=O. The number of rotatable bonds is 8. The first kappa shape index (κ1) is 27.0. The zero-order chi connectivity index (χ0) is 26.7. The smallest absolute Gasteiger partial charge is 0.326 e. The fourth-order valence-corrected chi connectivity index (χ4v) is 4.67. The first-order valence-electron chi connectivity index (χ1n) is 11.1. The molecule has 1 aromatic heterocycles. The maximum atomic E-state index is 13.4. The molecule has 1 heterocycles. The highest BCUT2D eigenvalue weighted by Crippen LogP contribution is 2.32. The summed E-state index contributed by atoms with van der Waals surface area (Å²) in [5, 5.41) is 0. The van der Waals surface area contributed by atoms with Crippen LogP contribution in [0, 0.1) is 6.92 Å². The highest BCUT2D eigenvalue weighted by atomic mass is 32.2. The van der Waals surface area contributed by atoms with Crippen molar-refractivity contribution >= 4 is 27.3 Å². The minimum Gasteiger partial charge on any atom is -0.326 e. The summed E-state index contributed by atoms with van der Waals surface area (Å²) >= 11 is 0. The van der Waals surface area contributed by atoms with Crippen LogP contribution < -0.4 is 14.8 Å². The number of anilines is 2. The number of amides is 1. The third-order valence-electron chi connectivity index (χ3n) is 5.41. The zero-order valence-electron chi connectivity index (χ0n) is 20.0. The van der Waals surface area contributed by atoms with Crippen LogP contribution in [0.5, 0.6) is 0 Å². The second kappa shape index (κ2) is 10.6. The van der Waals surface area contributed by atoms with Crippen LogP contribution >= 0.6 is 0 Å². The van der Waals surface area contributed by atoms with E-state index in [1.54, 1.807) is 31.2 Å². The number of hydrogen-bond acceptors (Lipinski definition) is 4. The van der Waals surface area contributed by atoms with E-state index >= 15 is 0 Å².